The zero-order chi connectivity index (χ0) is 24.1. The smallest absolute Gasteiger partial charge is 0.416 e. The number of nitrogens with one attached hydrogen (secondary N) is 1. The Balaban J connectivity index is 1.95. The van der Waals surface area contributed by atoms with Crippen molar-refractivity contribution in [3.8, 4) is 11.3 Å². The summed E-state index contributed by atoms with van der Waals surface area (Å²) in [4.78, 5) is 17.3. The molecule has 5 nitrogen and oxygen atoms in total. The first-order valence-electron chi connectivity index (χ1n) is 10.2. The minimum atomic E-state index is -4.63. The van der Waals surface area contributed by atoms with Gasteiger partial charge in [-0.05, 0) is 51.1 Å². The average molecular weight is 476 g/mol. The summed E-state index contributed by atoms with van der Waals surface area (Å²) in [5.41, 5.74) is 1.02. The third-order valence-corrected chi connectivity index (χ3v) is 5.77. The van der Waals surface area contributed by atoms with Gasteiger partial charge in [-0.1, -0.05) is 11.6 Å². The number of rotatable bonds is 4. The molecule has 1 atom stereocenters. The van der Waals surface area contributed by atoms with Crippen molar-refractivity contribution < 1.29 is 17.6 Å². The number of fused-ring (bicyclic) bond motifs is 1. The number of aryl methyl sites for hydroxylation is 2. The predicted octanol–water partition coefficient (Wildman–Crippen LogP) is 6.66. The quantitative estimate of drug-likeness (QED) is 0.335. The van der Waals surface area contributed by atoms with Crippen LogP contribution in [0.5, 0.6) is 0 Å². The van der Waals surface area contributed by atoms with Crippen molar-refractivity contribution in [1.29, 1.82) is 0 Å². The first-order chi connectivity index (χ1) is 15.5. The summed E-state index contributed by atoms with van der Waals surface area (Å²) < 4.78 is 49.0. The van der Waals surface area contributed by atoms with Crippen molar-refractivity contribution in [2.45, 2.75) is 33.0 Å². The summed E-state index contributed by atoms with van der Waals surface area (Å²) in [6, 6.07) is 6.31. The second kappa shape index (κ2) is 8.26. The normalized spacial score (nSPS) is 12.8. The molecule has 0 aliphatic heterocycles. The van der Waals surface area contributed by atoms with Crippen LogP contribution in [0.15, 0.2) is 51.9 Å². The van der Waals surface area contributed by atoms with Crippen molar-refractivity contribution >= 4 is 28.3 Å². The van der Waals surface area contributed by atoms with Crippen LogP contribution in [0.25, 0.3) is 22.3 Å². The van der Waals surface area contributed by atoms with E-state index in [1.54, 1.807) is 55.9 Å². The van der Waals surface area contributed by atoms with Gasteiger partial charge in [-0.15, -0.1) is 0 Å². The van der Waals surface area contributed by atoms with Crippen LogP contribution < -0.4 is 10.7 Å². The maximum absolute atomic E-state index is 13.7. The summed E-state index contributed by atoms with van der Waals surface area (Å²) >= 11 is 5.91. The molecule has 1 aromatic carbocycles. The van der Waals surface area contributed by atoms with Crippen LogP contribution in [0.2, 0.25) is 5.15 Å². The summed E-state index contributed by atoms with van der Waals surface area (Å²) in [6.07, 6.45) is -1.04. The van der Waals surface area contributed by atoms with Crippen molar-refractivity contribution in [1.82, 2.24) is 9.55 Å². The third kappa shape index (κ3) is 4.35. The summed E-state index contributed by atoms with van der Waals surface area (Å²) in [5.74, 6) is 0.325. The largest absolute Gasteiger partial charge is 0.455 e. The third-order valence-electron chi connectivity index (χ3n) is 5.56. The summed E-state index contributed by atoms with van der Waals surface area (Å²) in [5, 5.41) is 3.36. The van der Waals surface area contributed by atoms with Gasteiger partial charge in [0.2, 0.25) is 0 Å². The molecule has 1 N–H and O–H groups in total. The SMILES string of the molecule is Cc1nc(Cl)ccc1NC(C)c1cc(C(F)(F)F)cc2c(=O)c(C)c(-c3ccn(C)c3)oc12. The molecule has 0 aliphatic rings. The number of aromatic nitrogens is 2. The molecule has 3 aromatic heterocycles. The maximum Gasteiger partial charge on any atom is 0.416 e. The van der Waals surface area contributed by atoms with E-state index in [0.29, 0.717) is 27.9 Å². The minimum Gasteiger partial charge on any atom is -0.455 e. The zero-order valence-electron chi connectivity index (χ0n) is 18.3. The van der Waals surface area contributed by atoms with E-state index in [9.17, 15) is 18.0 Å². The van der Waals surface area contributed by atoms with Crippen LogP contribution in [0.3, 0.4) is 0 Å². The van der Waals surface area contributed by atoms with Crippen LogP contribution in [0, 0.1) is 13.8 Å². The topological polar surface area (TPSA) is 60.1 Å². The Kier molecular flexibility index (Phi) is 5.74. The number of alkyl halides is 3. The highest BCUT2D eigenvalue weighted by molar-refractivity contribution is 6.29. The Labute approximate surface area is 192 Å². The van der Waals surface area contributed by atoms with Gasteiger partial charge in [0, 0.05) is 36.1 Å². The Morgan fingerprint density at radius 2 is 1.91 bits per heavy atom. The highest BCUT2D eigenvalue weighted by atomic mass is 35.5. The van der Waals surface area contributed by atoms with Gasteiger partial charge in [-0.3, -0.25) is 4.79 Å². The average Bonchev–Trinajstić information content (AvgIpc) is 3.17. The molecule has 4 rings (SSSR count). The Morgan fingerprint density at radius 1 is 1.18 bits per heavy atom. The van der Waals surface area contributed by atoms with Crippen LogP contribution >= 0.6 is 11.6 Å². The number of anilines is 1. The minimum absolute atomic E-state index is 0.108. The fraction of sp³-hybridized carbons (Fsp3) is 0.250. The fourth-order valence-electron chi connectivity index (χ4n) is 3.81. The molecule has 0 saturated carbocycles. The highest BCUT2D eigenvalue weighted by Crippen LogP contribution is 2.37. The second-order valence-corrected chi connectivity index (χ2v) is 8.41. The summed E-state index contributed by atoms with van der Waals surface area (Å²) in [6.45, 7) is 4.99. The molecule has 0 fully saturated rings. The number of halogens is 4. The van der Waals surface area contributed by atoms with E-state index >= 15 is 0 Å². The molecule has 4 aromatic rings. The molecule has 0 aliphatic carbocycles. The molecule has 33 heavy (non-hydrogen) atoms. The van der Waals surface area contributed by atoms with Gasteiger partial charge in [0.25, 0.3) is 0 Å². The van der Waals surface area contributed by atoms with E-state index in [4.69, 9.17) is 16.0 Å². The van der Waals surface area contributed by atoms with Crippen LogP contribution in [0.4, 0.5) is 18.9 Å². The molecule has 1 unspecified atom stereocenters. The lowest BCUT2D eigenvalue weighted by atomic mass is 9.98. The molecule has 0 radical (unpaired) electrons. The summed E-state index contributed by atoms with van der Waals surface area (Å²) in [7, 11) is 1.83. The first-order valence-corrected chi connectivity index (χ1v) is 10.5. The van der Waals surface area contributed by atoms with E-state index in [2.05, 4.69) is 10.3 Å². The number of pyridine rings is 1. The Morgan fingerprint density at radius 3 is 2.52 bits per heavy atom. The number of hydrogen-bond donors (Lipinski definition) is 1. The van der Waals surface area contributed by atoms with E-state index < -0.39 is 23.2 Å². The van der Waals surface area contributed by atoms with Gasteiger partial charge in [0.05, 0.1) is 28.4 Å². The second-order valence-electron chi connectivity index (χ2n) is 8.02. The van der Waals surface area contributed by atoms with Gasteiger partial charge in [-0.2, -0.15) is 13.2 Å². The van der Waals surface area contributed by atoms with E-state index in [1.165, 1.54) is 0 Å². The lowest BCUT2D eigenvalue weighted by Gasteiger charge is -2.20. The number of nitrogens with zero attached hydrogens (tertiary/aromatic N) is 2. The van der Waals surface area contributed by atoms with E-state index in [-0.39, 0.29) is 22.1 Å². The molecular weight excluding hydrogens is 455 g/mol. The molecular formula is C24H21ClF3N3O2. The van der Waals surface area contributed by atoms with Crippen molar-refractivity contribution in [2.75, 3.05) is 5.32 Å². The Hall–Kier alpha value is -3.26. The van der Waals surface area contributed by atoms with Crippen molar-refractivity contribution in [2.24, 2.45) is 7.05 Å². The van der Waals surface area contributed by atoms with Crippen molar-refractivity contribution in [3.63, 3.8) is 0 Å². The molecule has 9 heteroatoms. The van der Waals surface area contributed by atoms with E-state index in [0.717, 1.165) is 12.1 Å². The highest BCUT2D eigenvalue weighted by Gasteiger charge is 2.33. The monoisotopic (exact) mass is 475 g/mol. The Bertz CT molecular complexity index is 1420. The standard InChI is InChI=1S/C24H21ClF3N3O2/c1-12-21(32)18-10-16(24(26,27)28)9-17(13(2)29-19-5-6-20(25)30-14(19)3)23(18)33-22(12)15-7-8-31(4)11-15/h5-11,13,29H,1-4H3. The molecule has 3 heterocycles. The zero-order valence-corrected chi connectivity index (χ0v) is 19.1. The van der Waals surface area contributed by atoms with E-state index in [1.807, 2.05) is 7.05 Å². The van der Waals surface area contributed by atoms with Crippen molar-refractivity contribution in [3.05, 3.63) is 80.5 Å². The van der Waals surface area contributed by atoms with Gasteiger partial charge in [-0.25, -0.2) is 4.98 Å². The maximum atomic E-state index is 13.7. The predicted molar refractivity (Wildman–Crippen MR) is 123 cm³/mol. The van der Waals surface area contributed by atoms with Gasteiger partial charge in [0.15, 0.2) is 5.43 Å². The molecule has 0 saturated heterocycles. The lowest BCUT2D eigenvalue weighted by Crippen LogP contribution is -2.15. The molecule has 172 valence electrons. The van der Waals surface area contributed by atoms with Gasteiger partial charge < -0.3 is 14.3 Å². The lowest BCUT2D eigenvalue weighted by molar-refractivity contribution is -0.137. The van der Waals surface area contributed by atoms with Gasteiger partial charge >= 0.3 is 6.18 Å². The molecule has 0 amide bonds. The van der Waals surface area contributed by atoms with Crippen LogP contribution in [0.1, 0.15) is 35.3 Å². The molecule has 0 bridgehead atoms. The number of hydrogen-bond acceptors (Lipinski definition) is 4. The van der Waals surface area contributed by atoms with Gasteiger partial charge in [0.1, 0.15) is 16.5 Å². The van der Waals surface area contributed by atoms with Crippen LogP contribution in [-0.4, -0.2) is 9.55 Å². The number of benzene rings is 1. The first kappa shape index (κ1) is 22.9. The fourth-order valence-corrected chi connectivity index (χ4v) is 4.00. The van der Waals surface area contributed by atoms with Crippen LogP contribution in [-0.2, 0) is 13.2 Å². The molecule has 0 spiro atoms.